The van der Waals surface area contributed by atoms with Gasteiger partial charge in [0, 0.05) is 19.5 Å². The topological polar surface area (TPSA) is 16.4 Å². The highest BCUT2D eigenvalue weighted by atomic mass is 32.1. The van der Waals surface area contributed by atoms with Crippen LogP contribution in [0.15, 0.2) is 66.6 Å². The predicted octanol–water partition coefficient (Wildman–Crippen LogP) is 6.75. The van der Waals surface area contributed by atoms with E-state index in [2.05, 4.69) is 81.4 Å². The van der Waals surface area contributed by atoms with Crippen molar-refractivity contribution in [1.82, 2.24) is 0 Å². The van der Waals surface area contributed by atoms with E-state index in [4.69, 9.17) is 4.74 Å². The maximum atomic E-state index is 6.10. The summed E-state index contributed by atoms with van der Waals surface area (Å²) in [6.07, 6.45) is 6.34. The van der Waals surface area contributed by atoms with E-state index < -0.39 is 0 Å². The quantitative estimate of drug-likeness (QED) is 0.423. The second-order valence-electron chi connectivity index (χ2n) is 7.60. The van der Waals surface area contributed by atoms with E-state index >= 15 is 0 Å². The number of aryl methyl sites for hydroxylation is 3. The van der Waals surface area contributed by atoms with Crippen molar-refractivity contribution in [3.05, 3.63) is 93.3 Å². The summed E-state index contributed by atoms with van der Waals surface area (Å²) in [6.45, 7) is 14.9. The van der Waals surface area contributed by atoms with Gasteiger partial charge in [-0.25, -0.2) is 0 Å². The van der Waals surface area contributed by atoms with Crippen molar-refractivity contribution in [3.8, 4) is 5.75 Å². The van der Waals surface area contributed by atoms with Gasteiger partial charge >= 0.3 is 0 Å². The third kappa shape index (κ3) is 5.26. The molecule has 2 aromatic carbocycles. The summed E-state index contributed by atoms with van der Waals surface area (Å²) in [5.74, 6) is 1.85. The van der Waals surface area contributed by atoms with E-state index in [1.165, 1.54) is 26.7 Å². The number of hydrogen-bond acceptors (Lipinski definition) is 3. The first kappa shape index (κ1) is 22.8. The third-order valence-electron chi connectivity index (χ3n) is 5.56. The summed E-state index contributed by atoms with van der Waals surface area (Å²) < 4.78 is 8.45. The zero-order chi connectivity index (χ0) is 22.4. The van der Waals surface area contributed by atoms with Gasteiger partial charge < -0.3 is 9.64 Å². The molecule has 0 radical (unpaired) electrons. The van der Waals surface area contributed by atoms with E-state index in [0.717, 1.165) is 30.4 Å². The Morgan fingerprint density at radius 2 is 1.55 bits per heavy atom. The monoisotopic (exact) mass is 433 g/mol. The van der Waals surface area contributed by atoms with Crippen molar-refractivity contribution in [2.75, 3.05) is 11.4 Å². The van der Waals surface area contributed by atoms with Crippen LogP contribution in [-0.4, -0.2) is 6.54 Å². The van der Waals surface area contributed by atoms with Crippen molar-refractivity contribution in [2.24, 2.45) is 0 Å². The number of thiazole rings is 1. The molecule has 4 heteroatoms. The van der Waals surface area contributed by atoms with Gasteiger partial charge in [0.25, 0.3) is 5.01 Å². The van der Waals surface area contributed by atoms with E-state index in [1.54, 1.807) is 0 Å². The number of hydrogen-bond donors (Lipinski definition) is 0. The first-order valence-corrected chi connectivity index (χ1v) is 11.7. The minimum atomic E-state index is 0.890. The number of ether oxygens (including phenoxy) is 1. The van der Waals surface area contributed by atoms with Crippen molar-refractivity contribution < 1.29 is 9.30 Å². The average Bonchev–Trinajstić information content (AvgIpc) is 3.25. The molecule has 1 aliphatic heterocycles. The number of aromatic nitrogens is 1. The van der Waals surface area contributed by atoms with Gasteiger partial charge in [0.2, 0.25) is 5.88 Å². The van der Waals surface area contributed by atoms with Crippen molar-refractivity contribution in [1.29, 1.82) is 0 Å². The number of anilines is 1. The lowest BCUT2D eigenvalue weighted by molar-refractivity contribution is -0.696. The Bertz CT molecular complexity index is 1050. The fraction of sp³-hybridized carbons (Fsp3) is 0.296. The molecule has 31 heavy (non-hydrogen) atoms. The van der Waals surface area contributed by atoms with Crippen LogP contribution in [0.2, 0.25) is 0 Å². The maximum absolute atomic E-state index is 6.10. The van der Waals surface area contributed by atoms with Gasteiger partial charge in [-0.15, -0.1) is 0 Å². The van der Waals surface area contributed by atoms with E-state index in [1.807, 2.05) is 47.7 Å². The second-order valence-corrected chi connectivity index (χ2v) is 8.83. The highest BCUT2D eigenvalue weighted by molar-refractivity contribution is 7.12. The molecule has 0 aliphatic carbocycles. The fourth-order valence-electron chi connectivity index (χ4n) is 3.56. The van der Waals surface area contributed by atoms with Gasteiger partial charge in [-0.05, 0) is 70.0 Å². The van der Waals surface area contributed by atoms with Crippen molar-refractivity contribution in [3.63, 3.8) is 0 Å². The number of nitrogens with zero attached hydrogens (tertiary/aromatic N) is 2. The van der Waals surface area contributed by atoms with Gasteiger partial charge in [-0.2, -0.15) is 4.57 Å². The predicted molar refractivity (Wildman–Crippen MR) is 133 cm³/mol. The molecular weight excluding hydrogens is 400 g/mol. The Morgan fingerprint density at radius 1 is 0.935 bits per heavy atom. The molecule has 0 atom stereocenters. The third-order valence-corrected chi connectivity index (χ3v) is 6.73. The largest absolute Gasteiger partial charge is 0.439 e. The molecule has 0 saturated carbocycles. The summed E-state index contributed by atoms with van der Waals surface area (Å²) >= 11 is 1.84. The first-order valence-electron chi connectivity index (χ1n) is 10.9. The number of rotatable bonds is 4. The van der Waals surface area contributed by atoms with Gasteiger partial charge in [-0.3, -0.25) is 0 Å². The summed E-state index contributed by atoms with van der Waals surface area (Å²) in [7, 11) is 0. The molecule has 0 unspecified atom stereocenters. The highest BCUT2D eigenvalue weighted by Gasteiger charge is 2.25. The Morgan fingerprint density at radius 3 is 2.13 bits per heavy atom. The minimum absolute atomic E-state index is 0.890. The molecule has 0 saturated heterocycles. The summed E-state index contributed by atoms with van der Waals surface area (Å²) in [5.41, 5.74) is 5.08. The zero-order valence-corrected chi connectivity index (χ0v) is 20.3. The van der Waals surface area contributed by atoms with Crippen molar-refractivity contribution >= 4 is 23.1 Å². The number of allylic oxidation sites excluding steroid dienone is 2. The fourth-order valence-corrected chi connectivity index (χ4v) is 4.65. The van der Waals surface area contributed by atoms with Crippen LogP contribution in [0.25, 0.3) is 6.08 Å². The average molecular weight is 434 g/mol. The molecular formula is C27H33N2OS+. The van der Waals surface area contributed by atoms with Gasteiger partial charge in [0.05, 0.1) is 10.6 Å². The molecule has 1 aliphatic rings. The smallest absolute Gasteiger partial charge is 0.262 e. The molecule has 4 rings (SSSR count). The summed E-state index contributed by atoms with van der Waals surface area (Å²) in [6, 6.07) is 16.4. The van der Waals surface area contributed by atoms with Crippen molar-refractivity contribution in [2.45, 2.75) is 48.1 Å². The first-order chi connectivity index (χ1) is 15.0. The van der Waals surface area contributed by atoms with E-state index in [9.17, 15) is 0 Å². The van der Waals surface area contributed by atoms with Gasteiger partial charge in [-0.1, -0.05) is 47.7 Å². The molecule has 0 bridgehead atoms. The van der Waals surface area contributed by atoms with Crippen LogP contribution in [-0.2, 0) is 6.54 Å². The van der Waals surface area contributed by atoms with Crippen LogP contribution in [0, 0.1) is 27.7 Å². The lowest BCUT2D eigenvalue weighted by Crippen LogP contribution is -2.36. The molecule has 0 amide bonds. The summed E-state index contributed by atoms with van der Waals surface area (Å²) in [4.78, 5) is 3.60. The van der Waals surface area contributed by atoms with E-state index in [-0.39, 0.29) is 0 Å². The van der Waals surface area contributed by atoms with Crippen LogP contribution in [0.3, 0.4) is 0 Å². The molecule has 1 aromatic heterocycles. The molecule has 162 valence electrons. The Hall–Kier alpha value is -2.85. The van der Waals surface area contributed by atoms with Gasteiger partial charge in [0.15, 0.2) is 11.4 Å². The normalized spacial score (nSPS) is 13.9. The Labute approximate surface area is 190 Å². The van der Waals surface area contributed by atoms with Crippen LogP contribution in [0.1, 0.15) is 40.6 Å². The molecule has 0 fully saturated rings. The highest BCUT2D eigenvalue weighted by Crippen LogP contribution is 2.40. The van der Waals surface area contributed by atoms with Crippen LogP contribution >= 0.6 is 11.3 Å². The SMILES string of the molecule is CCN1C(=CC=Cc2sc(C)c(C)[n+]2CC)Oc2cc(C)c(C)cc21.c1ccccc1. The van der Waals surface area contributed by atoms with Crippen LogP contribution < -0.4 is 14.2 Å². The standard InChI is InChI=1S/C21H27N2OS.C6H6/c1-7-22-16(5)17(6)25-21(22)11-9-10-20-23(8-2)18-12-14(3)15(4)13-19(18)24-20;1-2-4-6-5-3-1/h9-13H,7-8H2,1-6H3;1-6H/q+1;. The molecule has 2 heterocycles. The van der Waals surface area contributed by atoms with Gasteiger partial charge in [0.1, 0.15) is 6.54 Å². The lowest BCUT2D eigenvalue weighted by Gasteiger charge is -2.15. The summed E-state index contributed by atoms with van der Waals surface area (Å²) in [5, 5.41) is 1.28. The Balaban J connectivity index is 0.000000391. The molecule has 0 N–H and O–H groups in total. The lowest BCUT2D eigenvalue weighted by atomic mass is 10.1. The minimum Gasteiger partial charge on any atom is -0.439 e. The maximum Gasteiger partial charge on any atom is 0.262 e. The van der Waals surface area contributed by atoms with Crippen LogP contribution in [0.5, 0.6) is 5.75 Å². The second kappa shape index (κ2) is 10.5. The van der Waals surface area contributed by atoms with Crippen LogP contribution in [0.4, 0.5) is 5.69 Å². The molecule has 3 aromatic rings. The molecule has 3 nitrogen and oxygen atoms in total. The van der Waals surface area contributed by atoms with E-state index in [0.29, 0.717) is 0 Å². The number of fused-ring (bicyclic) bond motifs is 1. The zero-order valence-electron chi connectivity index (χ0n) is 19.5. The molecule has 0 spiro atoms. The Kier molecular flexibility index (Phi) is 7.69. The number of benzene rings is 2.